The Balaban J connectivity index is 2.48. The first kappa shape index (κ1) is 13.7. The van der Waals surface area contributed by atoms with Crippen molar-refractivity contribution in [1.82, 2.24) is 5.32 Å². The molecule has 0 aliphatic rings. The number of carbonyl (C=O) groups is 1. The van der Waals surface area contributed by atoms with E-state index in [4.69, 9.17) is 5.73 Å². The Morgan fingerprint density at radius 2 is 1.82 bits per heavy atom. The summed E-state index contributed by atoms with van der Waals surface area (Å²) in [6.07, 6.45) is 0.581. The molecule has 0 aromatic heterocycles. The summed E-state index contributed by atoms with van der Waals surface area (Å²) in [5, 5.41) is 2.94. The van der Waals surface area contributed by atoms with E-state index >= 15 is 0 Å². The van der Waals surface area contributed by atoms with Crippen molar-refractivity contribution in [2.75, 3.05) is 0 Å². The van der Waals surface area contributed by atoms with Gasteiger partial charge in [0, 0.05) is 6.04 Å². The van der Waals surface area contributed by atoms with Gasteiger partial charge >= 0.3 is 0 Å². The summed E-state index contributed by atoms with van der Waals surface area (Å²) in [6.45, 7) is 6.15. The Bertz CT molecular complexity index is 348. The Morgan fingerprint density at radius 3 is 2.35 bits per heavy atom. The minimum Gasteiger partial charge on any atom is -0.352 e. The lowest BCUT2D eigenvalue weighted by molar-refractivity contribution is -0.123. The molecule has 3 heteroatoms. The fourth-order valence-electron chi connectivity index (χ4n) is 1.46. The van der Waals surface area contributed by atoms with Crippen LogP contribution in [-0.4, -0.2) is 18.0 Å². The van der Waals surface area contributed by atoms with Gasteiger partial charge in [-0.3, -0.25) is 4.79 Å². The third kappa shape index (κ3) is 4.57. The van der Waals surface area contributed by atoms with Gasteiger partial charge in [0.05, 0.1) is 6.04 Å². The Morgan fingerprint density at radius 1 is 1.24 bits per heavy atom. The molecule has 0 fully saturated rings. The predicted octanol–water partition coefficient (Wildman–Crippen LogP) is 1.72. The normalized spacial score (nSPS) is 14.4. The van der Waals surface area contributed by atoms with Crippen LogP contribution in [-0.2, 0) is 11.2 Å². The van der Waals surface area contributed by atoms with E-state index in [1.807, 2.05) is 37.3 Å². The lowest BCUT2D eigenvalue weighted by atomic mass is 10.0. The van der Waals surface area contributed by atoms with E-state index < -0.39 is 6.04 Å². The van der Waals surface area contributed by atoms with E-state index in [1.54, 1.807) is 0 Å². The highest BCUT2D eigenvalue weighted by Gasteiger charge is 2.17. The third-order valence-electron chi connectivity index (χ3n) is 3.01. The second-order valence-electron chi connectivity index (χ2n) is 4.84. The van der Waals surface area contributed by atoms with E-state index in [0.29, 0.717) is 12.3 Å². The van der Waals surface area contributed by atoms with Crippen molar-refractivity contribution in [3.8, 4) is 0 Å². The van der Waals surface area contributed by atoms with Crippen molar-refractivity contribution < 1.29 is 4.79 Å². The van der Waals surface area contributed by atoms with Crippen LogP contribution < -0.4 is 11.1 Å². The SMILES string of the molecule is CC(C)C(C)NC(=O)[C@H](N)Cc1ccccc1. The maximum Gasteiger partial charge on any atom is 0.237 e. The third-order valence-corrected chi connectivity index (χ3v) is 3.01. The second kappa shape index (κ2) is 6.40. The minimum absolute atomic E-state index is 0.0740. The van der Waals surface area contributed by atoms with Crippen molar-refractivity contribution in [1.29, 1.82) is 0 Å². The molecule has 0 aliphatic carbocycles. The molecule has 1 rings (SSSR count). The molecule has 1 aromatic rings. The highest BCUT2D eigenvalue weighted by Crippen LogP contribution is 2.04. The monoisotopic (exact) mass is 234 g/mol. The molecule has 2 atom stereocenters. The lowest BCUT2D eigenvalue weighted by Gasteiger charge is -2.20. The highest BCUT2D eigenvalue weighted by molar-refractivity contribution is 5.82. The van der Waals surface area contributed by atoms with Crippen LogP contribution in [0.1, 0.15) is 26.3 Å². The quantitative estimate of drug-likeness (QED) is 0.815. The molecular formula is C14H22N2O. The number of amides is 1. The highest BCUT2D eigenvalue weighted by atomic mass is 16.2. The van der Waals surface area contributed by atoms with Crippen molar-refractivity contribution in [3.05, 3.63) is 35.9 Å². The second-order valence-corrected chi connectivity index (χ2v) is 4.84. The zero-order chi connectivity index (χ0) is 12.8. The lowest BCUT2D eigenvalue weighted by Crippen LogP contribution is -2.47. The molecular weight excluding hydrogens is 212 g/mol. The number of rotatable bonds is 5. The molecule has 0 radical (unpaired) electrons. The molecule has 0 heterocycles. The summed E-state index contributed by atoms with van der Waals surface area (Å²) >= 11 is 0. The zero-order valence-electron chi connectivity index (χ0n) is 10.8. The molecule has 0 saturated heterocycles. The molecule has 1 unspecified atom stereocenters. The summed E-state index contributed by atoms with van der Waals surface area (Å²) < 4.78 is 0. The van der Waals surface area contributed by atoms with Crippen LogP contribution in [0.25, 0.3) is 0 Å². The van der Waals surface area contributed by atoms with Gasteiger partial charge in [-0.2, -0.15) is 0 Å². The maximum atomic E-state index is 11.8. The molecule has 0 saturated carbocycles. The van der Waals surface area contributed by atoms with Gasteiger partial charge in [-0.15, -0.1) is 0 Å². The van der Waals surface area contributed by atoms with E-state index in [2.05, 4.69) is 19.2 Å². The van der Waals surface area contributed by atoms with Crippen molar-refractivity contribution >= 4 is 5.91 Å². The molecule has 94 valence electrons. The molecule has 3 N–H and O–H groups in total. The molecule has 0 spiro atoms. The molecule has 3 nitrogen and oxygen atoms in total. The predicted molar refractivity (Wildman–Crippen MR) is 70.6 cm³/mol. The Labute approximate surface area is 103 Å². The molecule has 1 amide bonds. The fourth-order valence-corrected chi connectivity index (χ4v) is 1.46. The van der Waals surface area contributed by atoms with Crippen LogP contribution in [0.3, 0.4) is 0 Å². The van der Waals surface area contributed by atoms with Gasteiger partial charge in [0.25, 0.3) is 0 Å². The number of carbonyl (C=O) groups excluding carboxylic acids is 1. The van der Waals surface area contributed by atoms with E-state index in [1.165, 1.54) is 0 Å². The first-order chi connectivity index (χ1) is 8.00. The fraction of sp³-hybridized carbons (Fsp3) is 0.500. The zero-order valence-corrected chi connectivity index (χ0v) is 10.8. The Hall–Kier alpha value is -1.35. The van der Waals surface area contributed by atoms with Crippen LogP contribution in [0, 0.1) is 5.92 Å². The van der Waals surface area contributed by atoms with Crippen molar-refractivity contribution in [3.63, 3.8) is 0 Å². The standard InChI is InChI=1S/C14H22N2O/c1-10(2)11(3)16-14(17)13(15)9-12-7-5-4-6-8-12/h4-8,10-11,13H,9,15H2,1-3H3,(H,16,17)/t11?,13-/m1/s1. The topological polar surface area (TPSA) is 55.1 Å². The van der Waals surface area contributed by atoms with Crippen LogP contribution in [0.5, 0.6) is 0 Å². The van der Waals surface area contributed by atoms with Crippen LogP contribution in [0.2, 0.25) is 0 Å². The minimum atomic E-state index is -0.474. The van der Waals surface area contributed by atoms with E-state index in [9.17, 15) is 4.79 Å². The Kier molecular flexibility index (Phi) is 5.16. The largest absolute Gasteiger partial charge is 0.352 e. The van der Waals surface area contributed by atoms with Crippen molar-refractivity contribution in [2.24, 2.45) is 11.7 Å². The number of hydrogen-bond donors (Lipinski definition) is 2. The van der Waals surface area contributed by atoms with E-state index in [0.717, 1.165) is 5.56 Å². The van der Waals surface area contributed by atoms with Gasteiger partial charge in [-0.1, -0.05) is 44.2 Å². The van der Waals surface area contributed by atoms with Gasteiger partial charge in [0.2, 0.25) is 5.91 Å². The number of nitrogens with one attached hydrogen (secondary N) is 1. The smallest absolute Gasteiger partial charge is 0.237 e. The molecule has 17 heavy (non-hydrogen) atoms. The van der Waals surface area contributed by atoms with Gasteiger partial charge in [0.1, 0.15) is 0 Å². The van der Waals surface area contributed by atoms with E-state index in [-0.39, 0.29) is 11.9 Å². The summed E-state index contributed by atoms with van der Waals surface area (Å²) in [4.78, 5) is 11.8. The van der Waals surface area contributed by atoms with Gasteiger partial charge in [0.15, 0.2) is 0 Å². The van der Waals surface area contributed by atoms with Crippen LogP contribution in [0.15, 0.2) is 30.3 Å². The summed E-state index contributed by atoms with van der Waals surface area (Å²) in [6, 6.07) is 9.52. The van der Waals surface area contributed by atoms with Gasteiger partial charge in [-0.05, 0) is 24.8 Å². The number of nitrogens with two attached hydrogens (primary N) is 1. The summed E-state index contributed by atoms with van der Waals surface area (Å²) in [5.74, 6) is 0.345. The molecule has 0 bridgehead atoms. The first-order valence-electron chi connectivity index (χ1n) is 6.10. The maximum absolute atomic E-state index is 11.8. The van der Waals surface area contributed by atoms with Crippen LogP contribution in [0.4, 0.5) is 0 Å². The van der Waals surface area contributed by atoms with Gasteiger partial charge in [-0.25, -0.2) is 0 Å². The summed E-state index contributed by atoms with van der Waals surface area (Å²) in [7, 11) is 0. The molecule has 0 aliphatic heterocycles. The van der Waals surface area contributed by atoms with Crippen LogP contribution >= 0.6 is 0 Å². The molecule has 1 aromatic carbocycles. The average Bonchev–Trinajstić information content (AvgIpc) is 2.29. The average molecular weight is 234 g/mol. The first-order valence-corrected chi connectivity index (χ1v) is 6.10. The summed E-state index contributed by atoms with van der Waals surface area (Å²) in [5.41, 5.74) is 6.98. The van der Waals surface area contributed by atoms with Crippen molar-refractivity contribution in [2.45, 2.75) is 39.3 Å². The number of benzene rings is 1. The van der Waals surface area contributed by atoms with Gasteiger partial charge < -0.3 is 11.1 Å². The number of hydrogen-bond acceptors (Lipinski definition) is 2.